The van der Waals surface area contributed by atoms with Gasteiger partial charge in [-0.1, -0.05) is 86.2 Å². The number of aldehydes is 1. The lowest BCUT2D eigenvalue weighted by Crippen LogP contribution is -2.51. The summed E-state index contributed by atoms with van der Waals surface area (Å²) in [6, 6.07) is 10.7. The van der Waals surface area contributed by atoms with E-state index in [-0.39, 0.29) is 35.3 Å². The molecule has 1 heterocycles. The minimum Gasteiger partial charge on any atom is -0.434 e. The summed E-state index contributed by atoms with van der Waals surface area (Å²) >= 11 is 5.97. The molecule has 2 fully saturated rings. The van der Waals surface area contributed by atoms with Gasteiger partial charge in [-0.05, 0) is 42.9 Å². The van der Waals surface area contributed by atoms with Crippen molar-refractivity contribution in [3.63, 3.8) is 0 Å². The summed E-state index contributed by atoms with van der Waals surface area (Å²) in [7, 11) is 0. The molecule has 4 atom stereocenters. The van der Waals surface area contributed by atoms with Crippen LogP contribution in [0.4, 0.5) is 13.6 Å². The van der Waals surface area contributed by atoms with Crippen LogP contribution in [0.15, 0.2) is 54.6 Å². The van der Waals surface area contributed by atoms with Gasteiger partial charge < -0.3 is 25.5 Å². The normalized spacial score (nSPS) is 19.7. The number of ether oxygens (including phenoxy) is 1. The van der Waals surface area contributed by atoms with Gasteiger partial charge in [-0.3, -0.25) is 9.59 Å². The monoisotopic (exact) mass is 603 g/mol. The molecule has 1 saturated heterocycles. The molecule has 0 bridgehead atoms. The van der Waals surface area contributed by atoms with Gasteiger partial charge in [-0.15, -0.1) is 0 Å². The highest BCUT2D eigenvalue weighted by molar-refractivity contribution is 6.30. The van der Waals surface area contributed by atoms with Crippen LogP contribution in [0.2, 0.25) is 5.02 Å². The first-order valence-corrected chi connectivity index (χ1v) is 14.7. The fraction of sp³-hybridized carbons (Fsp3) is 0.484. The van der Waals surface area contributed by atoms with E-state index in [0.717, 1.165) is 38.2 Å². The lowest BCUT2D eigenvalue weighted by molar-refractivity contribution is -0.129. The number of halogens is 3. The van der Waals surface area contributed by atoms with Crippen LogP contribution in [0.5, 0.6) is 0 Å². The highest BCUT2D eigenvalue weighted by atomic mass is 35.5. The number of benzene rings is 2. The van der Waals surface area contributed by atoms with Gasteiger partial charge in [-0.2, -0.15) is 8.78 Å². The summed E-state index contributed by atoms with van der Waals surface area (Å²) in [5, 5.41) is 7.95. The molecule has 1 aliphatic carbocycles. The summed E-state index contributed by atoms with van der Waals surface area (Å²) in [4.78, 5) is 50.4. The standard InChI is InChI=1S/C31H36ClF2N3O5/c32-24-13-7-12-23(18-24)31(33,34)27(21-10-5-2-6-11-21)42-30(41)37-26(16-20-8-3-1-4-9-20)29(40)36-25(19-38)17-22-14-15-35-28(22)39/h2,5-7,10-13,18-20,22,25-27H,1,3-4,8-9,14-17H2,(H,35,39)(H,36,40)(H,37,41)/t22-,25-,26-,27-/m0/s1. The largest absolute Gasteiger partial charge is 0.434 e. The first-order chi connectivity index (χ1) is 20.2. The second-order valence-electron chi connectivity index (χ2n) is 11.0. The molecule has 0 unspecified atom stereocenters. The average molecular weight is 604 g/mol. The minimum absolute atomic E-state index is 0.0572. The summed E-state index contributed by atoms with van der Waals surface area (Å²) in [6.07, 6.45) is 3.07. The molecule has 3 N–H and O–H groups in total. The quantitative estimate of drug-likeness (QED) is 0.279. The zero-order valence-electron chi connectivity index (χ0n) is 23.2. The van der Waals surface area contributed by atoms with Crippen molar-refractivity contribution in [1.29, 1.82) is 0 Å². The van der Waals surface area contributed by atoms with E-state index in [1.807, 2.05) is 0 Å². The Morgan fingerprint density at radius 3 is 2.40 bits per heavy atom. The zero-order chi connectivity index (χ0) is 30.1. The van der Waals surface area contributed by atoms with Crippen LogP contribution in [-0.4, -0.2) is 42.8 Å². The SMILES string of the molecule is O=C[C@H](C[C@@H]1CCNC1=O)NC(=O)[C@H](CC1CCCCC1)NC(=O)O[C@@H](c1ccccc1)C(F)(F)c1cccc(Cl)c1. The van der Waals surface area contributed by atoms with Gasteiger partial charge >= 0.3 is 12.0 Å². The topological polar surface area (TPSA) is 114 Å². The molecule has 226 valence electrons. The van der Waals surface area contributed by atoms with Gasteiger partial charge in [0.1, 0.15) is 12.3 Å². The Morgan fingerprint density at radius 2 is 1.76 bits per heavy atom. The summed E-state index contributed by atoms with van der Waals surface area (Å²) in [6.45, 7) is 0.503. The van der Waals surface area contributed by atoms with Crippen molar-refractivity contribution in [2.75, 3.05) is 6.54 Å². The van der Waals surface area contributed by atoms with E-state index in [1.165, 1.54) is 30.3 Å². The van der Waals surface area contributed by atoms with Crippen molar-refractivity contribution < 1.29 is 32.7 Å². The Morgan fingerprint density at radius 1 is 1.02 bits per heavy atom. The van der Waals surface area contributed by atoms with Crippen molar-refractivity contribution in [3.8, 4) is 0 Å². The van der Waals surface area contributed by atoms with Gasteiger partial charge in [-0.25, -0.2) is 4.79 Å². The average Bonchev–Trinajstić information content (AvgIpc) is 3.39. The predicted octanol–water partition coefficient (Wildman–Crippen LogP) is 5.45. The summed E-state index contributed by atoms with van der Waals surface area (Å²) in [5.74, 6) is -4.75. The highest BCUT2D eigenvalue weighted by Crippen LogP contribution is 2.43. The Labute approximate surface area is 248 Å². The molecule has 0 radical (unpaired) electrons. The van der Waals surface area contributed by atoms with E-state index < -0.39 is 47.6 Å². The number of hydrogen-bond acceptors (Lipinski definition) is 5. The lowest BCUT2D eigenvalue weighted by Gasteiger charge is -2.30. The zero-order valence-corrected chi connectivity index (χ0v) is 24.0. The molecule has 0 aromatic heterocycles. The summed E-state index contributed by atoms with van der Waals surface area (Å²) < 4.78 is 37.1. The van der Waals surface area contributed by atoms with Crippen LogP contribution in [0.1, 0.15) is 68.6 Å². The van der Waals surface area contributed by atoms with Gasteiger partial charge in [0.25, 0.3) is 0 Å². The van der Waals surface area contributed by atoms with Gasteiger partial charge in [0, 0.05) is 23.0 Å². The lowest BCUT2D eigenvalue weighted by atomic mass is 9.84. The van der Waals surface area contributed by atoms with Crippen molar-refractivity contribution in [2.45, 2.75) is 75.5 Å². The Hall–Kier alpha value is -3.53. The van der Waals surface area contributed by atoms with Crippen LogP contribution in [0.25, 0.3) is 0 Å². The van der Waals surface area contributed by atoms with Crippen molar-refractivity contribution in [2.24, 2.45) is 11.8 Å². The molecule has 11 heteroatoms. The minimum atomic E-state index is -3.66. The molecule has 2 aromatic carbocycles. The van der Waals surface area contributed by atoms with Crippen LogP contribution in [-0.2, 0) is 25.0 Å². The molecule has 42 heavy (non-hydrogen) atoms. The Kier molecular flexibility index (Phi) is 10.9. The van der Waals surface area contributed by atoms with Crippen LogP contribution in [0, 0.1) is 11.8 Å². The van der Waals surface area contributed by atoms with E-state index in [2.05, 4.69) is 16.0 Å². The van der Waals surface area contributed by atoms with Crippen molar-refractivity contribution in [1.82, 2.24) is 16.0 Å². The maximum absolute atomic E-state index is 15.8. The molecular formula is C31H36ClF2N3O5. The Balaban J connectivity index is 1.52. The van der Waals surface area contributed by atoms with Gasteiger partial charge in [0.2, 0.25) is 11.8 Å². The number of hydrogen-bond donors (Lipinski definition) is 3. The fourth-order valence-electron chi connectivity index (χ4n) is 5.71. The van der Waals surface area contributed by atoms with E-state index in [1.54, 1.807) is 18.2 Å². The third kappa shape index (κ3) is 8.27. The molecule has 8 nitrogen and oxygen atoms in total. The number of carbonyl (C=O) groups excluding carboxylic acids is 4. The van der Waals surface area contributed by atoms with Gasteiger partial charge in [0.15, 0.2) is 6.10 Å². The van der Waals surface area contributed by atoms with Crippen LogP contribution >= 0.6 is 11.6 Å². The first kappa shape index (κ1) is 31.4. The van der Waals surface area contributed by atoms with E-state index >= 15 is 8.78 Å². The molecule has 0 spiro atoms. The summed E-state index contributed by atoms with van der Waals surface area (Å²) in [5.41, 5.74) is -0.375. The third-order valence-electron chi connectivity index (χ3n) is 7.96. The maximum Gasteiger partial charge on any atom is 0.408 e. The molecule has 1 saturated carbocycles. The number of alkyl carbamates (subject to hydrolysis) is 1. The second-order valence-corrected chi connectivity index (χ2v) is 11.5. The van der Waals surface area contributed by atoms with Crippen molar-refractivity contribution in [3.05, 3.63) is 70.7 Å². The number of amides is 3. The van der Waals surface area contributed by atoms with Crippen molar-refractivity contribution >= 4 is 35.8 Å². The number of nitrogens with one attached hydrogen (secondary N) is 3. The molecule has 3 amide bonds. The molecule has 4 rings (SSSR count). The van der Waals surface area contributed by atoms with E-state index in [4.69, 9.17) is 16.3 Å². The fourth-order valence-corrected chi connectivity index (χ4v) is 5.90. The van der Waals surface area contributed by atoms with Gasteiger partial charge in [0.05, 0.1) is 6.04 Å². The Bertz CT molecular complexity index is 1240. The molecular weight excluding hydrogens is 568 g/mol. The highest BCUT2D eigenvalue weighted by Gasteiger charge is 2.46. The smallest absolute Gasteiger partial charge is 0.408 e. The second kappa shape index (κ2) is 14.6. The van der Waals surface area contributed by atoms with E-state index in [0.29, 0.717) is 19.3 Å². The van der Waals surface area contributed by atoms with E-state index in [9.17, 15) is 19.2 Å². The van der Waals surface area contributed by atoms with Crippen LogP contribution < -0.4 is 16.0 Å². The predicted molar refractivity (Wildman–Crippen MR) is 153 cm³/mol. The molecule has 2 aliphatic rings. The molecule has 2 aromatic rings. The first-order valence-electron chi connectivity index (χ1n) is 14.4. The molecule has 1 aliphatic heterocycles. The van der Waals surface area contributed by atoms with Crippen LogP contribution in [0.3, 0.4) is 0 Å². The third-order valence-corrected chi connectivity index (χ3v) is 8.20. The number of alkyl halides is 2. The number of carbonyl (C=O) groups is 4. The number of rotatable bonds is 12. The maximum atomic E-state index is 15.8.